The lowest BCUT2D eigenvalue weighted by Gasteiger charge is -2.07. The lowest BCUT2D eigenvalue weighted by Crippen LogP contribution is -2.34. The van der Waals surface area contributed by atoms with Crippen LogP contribution < -0.4 is 5.73 Å². The molecule has 0 amide bonds. The summed E-state index contributed by atoms with van der Waals surface area (Å²) in [5, 5.41) is 0. The summed E-state index contributed by atoms with van der Waals surface area (Å²) < 4.78 is 4.88. The first-order chi connectivity index (χ1) is 5.72. The Hall–Kier alpha value is -0.220. The summed E-state index contributed by atoms with van der Waals surface area (Å²) in [5.41, 5.74) is 5.38. The molecule has 0 unspecified atom stereocenters. The smallest absolute Gasteiger partial charge is 0.323 e. The van der Waals surface area contributed by atoms with E-state index in [0.717, 1.165) is 19.3 Å². The van der Waals surface area contributed by atoms with Gasteiger partial charge in [0.15, 0.2) is 0 Å². The third-order valence-corrected chi connectivity index (χ3v) is 1.89. The maximum Gasteiger partial charge on any atom is 0.323 e. The van der Waals surface area contributed by atoms with Gasteiger partial charge in [-0.15, -0.1) is 0 Å². The van der Waals surface area contributed by atoms with Crippen molar-refractivity contribution in [2.24, 2.45) is 5.73 Å². The van der Waals surface area contributed by atoms with Crippen LogP contribution in [-0.2, 0) is 9.53 Å². The number of ether oxygens (including phenoxy) is 1. The molecular weight excluding hydrogens is 174 g/mol. The van der Waals surface area contributed by atoms with Crippen LogP contribution in [0.4, 0.5) is 0 Å². The molecule has 0 saturated heterocycles. The van der Waals surface area contributed by atoms with E-state index in [4.69, 9.17) is 10.5 Å². The molecule has 4 heteroatoms. The van der Waals surface area contributed by atoms with Crippen LogP contribution in [-0.4, -0.2) is 24.4 Å². The van der Waals surface area contributed by atoms with E-state index in [9.17, 15) is 4.79 Å². The molecule has 2 N–H and O–H groups in total. The van der Waals surface area contributed by atoms with E-state index >= 15 is 0 Å². The number of rotatable bonds is 6. The Kier molecular flexibility index (Phi) is 7.29. The molecule has 1 atom stereocenters. The molecule has 0 aromatic carbocycles. The molecule has 0 spiro atoms. The Morgan fingerprint density at radius 3 is 2.75 bits per heavy atom. The molecule has 0 aliphatic heterocycles. The number of nitrogens with two attached hydrogens (primary N) is 1. The van der Waals surface area contributed by atoms with Gasteiger partial charge in [-0.3, -0.25) is 4.79 Å². The fraction of sp³-hybridized carbons (Fsp3) is 0.875. The third kappa shape index (κ3) is 5.43. The van der Waals surface area contributed by atoms with Crippen molar-refractivity contribution in [3.8, 4) is 0 Å². The zero-order chi connectivity index (χ0) is 9.40. The van der Waals surface area contributed by atoms with Crippen LogP contribution in [0.15, 0.2) is 0 Å². The number of esters is 1. The van der Waals surface area contributed by atoms with Gasteiger partial charge in [0.1, 0.15) is 6.04 Å². The van der Waals surface area contributed by atoms with Crippen molar-refractivity contribution in [1.29, 1.82) is 0 Å². The summed E-state index contributed by atoms with van der Waals surface area (Å²) in [6.45, 7) is 2.58. The molecule has 0 aromatic heterocycles. The number of carbonyl (C=O) groups excluding carboxylic acids is 1. The predicted octanol–water partition coefficient (Wildman–Crippen LogP) is 0.977. The van der Waals surface area contributed by atoms with Crippen molar-refractivity contribution < 1.29 is 9.53 Å². The Labute approximate surface area is 79.1 Å². The second-order valence-electron chi connectivity index (χ2n) is 2.66. The first kappa shape index (κ1) is 11.8. The van der Waals surface area contributed by atoms with Crippen molar-refractivity contribution in [2.75, 3.05) is 12.4 Å². The summed E-state index contributed by atoms with van der Waals surface area (Å²) in [4.78, 5) is 10.9. The molecule has 0 aromatic rings. The van der Waals surface area contributed by atoms with Gasteiger partial charge < -0.3 is 10.5 Å². The highest BCUT2D eigenvalue weighted by Gasteiger charge is 2.11. The van der Waals surface area contributed by atoms with E-state index in [-0.39, 0.29) is 5.97 Å². The Balaban J connectivity index is 3.31. The number of thiol groups is 1. The molecule has 0 heterocycles. The van der Waals surface area contributed by atoms with E-state index in [1.165, 1.54) is 0 Å². The van der Waals surface area contributed by atoms with Crippen LogP contribution >= 0.6 is 12.6 Å². The minimum absolute atomic E-state index is 0.340. The van der Waals surface area contributed by atoms with Crippen molar-refractivity contribution in [1.82, 2.24) is 0 Å². The minimum atomic E-state index is -0.574. The minimum Gasteiger partial charge on any atom is -0.465 e. The highest BCUT2D eigenvalue weighted by molar-refractivity contribution is 7.80. The molecule has 0 aliphatic rings. The largest absolute Gasteiger partial charge is 0.465 e. The van der Waals surface area contributed by atoms with Gasteiger partial charge in [0.25, 0.3) is 0 Å². The SMILES string of the molecule is CCCCCOC(=O)[C@@H](N)CS. The summed E-state index contributed by atoms with van der Waals surface area (Å²) in [7, 11) is 0. The molecule has 0 aliphatic carbocycles. The Morgan fingerprint density at radius 1 is 1.58 bits per heavy atom. The van der Waals surface area contributed by atoms with Crippen molar-refractivity contribution in [2.45, 2.75) is 32.2 Å². The van der Waals surface area contributed by atoms with Crippen LogP contribution in [0.1, 0.15) is 26.2 Å². The molecule has 0 saturated carbocycles. The molecule has 72 valence electrons. The molecule has 12 heavy (non-hydrogen) atoms. The van der Waals surface area contributed by atoms with Gasteiger partial charge in [-0.25, -0.2) is 0 Å². The average molecular weight is 191 g/mol. The number of unbranched alkanes of at least 4 members (excludes halogenated alkanes) is 2. The van der Waals surface area contributed by atoms with E-state index in [2.05, 4.69) is 19.6 Å². The quantitative estimate of drug-likeness (QED) is 0.374. The van der Waals surface area contributed by atoms with Gasteiger partial charge >= 0.3 is 5.97 Å². The van der Waals surface area contributed by atoms with Crippen LogP contribution in [0.5, 0.6) is 0 Å². The maximum absolute atomic E-state index is 10.9. The van der Waals surface area contributed by atoms with Gasteiger partial charge in [-0.05, 0) is 6.42 Å². The normalized spacial score (nSPS) is 12.6. The second kappa shape index (κ2) is 7.43. The summed E-state index contributed by atoms with van der Waals surface area (Å²) in [6.07, 6.45) is 3.13. The highest BCUT2D eigenvalue weighted by Crippen LogP contribution is 1.96. The van der Waals surface area contributed by atoms with E-state index in [1.807, 2.05) is 0 Å². The highest BCUT2D eigenvalue weighted by atomic mass is 32.1. The van der Waals surface area contributed by atoms with Crippen molar-refractivity contribution in [3.05, 3.63) is 0 Å². The first-order valence-electron chi connectivity index (χ1n) is 4.25. The summed E-state index contributed by atoms with van der Waals surface area (Å²) >= 11 is 3.89. The van der Waals surface area contributed by atoms with Crippen molar-refractivity contribution in [3.63, 3.8) is 0 Å². The second-order valence-corrected chi connectivity index (χ2v) is 3.03. The number of carbonyl (C=O) groups is 1. The van der Waals surface area contributed by atoms with Crippen LogP contribution in [0.2, 0.25) is 0 Å². The van der Waals surface area contributed by atoms with Crippen LogP contribution in [0.3, 0.4) is 0 Å². The van der Waals surface area contributed by atoms with Crippen LogP contribution in [0, 0.1) is 0 Å². The van der Waals surface area contributed by atoms with E-state index in [1.54, 1.807) is 0 Å². The van der Waals surface area contributed by atoms with Crippen LogP contribution in [0.25, 0.3) is 0 Å². The third-order valence-electron chi connectivity index (χ3n) is 1.49. The zero-order valence-corrected chi connectivity index (χ0v) is 8.35. The predicted molar refractivity (Wildman–Crippen MR) is 52.3 cm³/mol. The van der Waals surface area contributed by atoms with E-state index < -0.39 is 6.04 Å². The monoisotopic (exact) mass is 191 g/mol. The first-order valence-corrected chi connectivity index (χ1v) is 4.88. The van der Waals surface area contributed by atoms with Gasteiger partial charge in [0.05, 0.1) is 6.61 Å². The topological polar surface area (TPSA) is 52.3 Å². The lowest BCUT2D eigenvalue weighted by molar-refractivity contribution is -0.144. The average Bonchev–Trinajstić information content (AvgIpc) is 2.10. The lowest BCUT2D eigenvalue weighted by atomic mass is 10.3. The number of hydrogen-bond acceptors (Lipinski definition) is 4. The van der Waals surface area contributed by atoms with Gasteiger partial charge in [0, 0.05) is 5.75 Å². The molecule has 0 bridgehead atoms. The van der Waals surface area contributed by atoms with Crippen molar-refractivity contribution >= 4 is 18.6 Å². The Bertz CT molecular complexity index is 130. The zero-order valence-electron chi connectivity index (χ0n) is 7.45. The summed E-state index contributed by atoms with van der Waals surface area (Å²) in [6, 6.07) is -0.574. The molecule has 3 nitrogen and oxygen atoms in total. The molecule has 0 rings (SSSR count). The number of hydrogen-bond donors (Lipinski definition) is 2. The summed E-state index contributed by atoms with van der Waals surface area (Å²) in [5.74, 6) is -0.00631. The fourth-order valence-electron chi connectivity index (χ4n) is 0.706. The molecular formula is C8H17NO2S. The van der Waals surface area contributed by atoms with Gasteiger partial charge in [-0.2, -0.15) is 12.6 Å². The standard InChI is InChI=1S/C8H17NO2S/c1-2-3-4-5-11-8(10)7(9)6-12/h7,12H,2-6,9H2,1H3/t7-/m0/s1. The fourth-order valence-corrected chi connectivity index (χ4v) is 0.855. The van der Waals surface area contributed by atoms with E-state index in [0.29, 0.717) is 12.4 Å². The molecule has 0 fully saturated rings. The van der Waals surface area contributed by atoms with Gasteiger partial charge in [0.2, 0.25) is 0 Å². The maximum atomic E-state index is 10.9. The van der Waals surface area contributed by atoms with Gasteiger partial charge in [-0.1, -0.05) is 19.8 Å². The Morgan fingerprint density at radius 2 is 2.25 bits per heavy atom. The molecule has 0 radical (unpaired) electrons.